The summed E-state index contributed by atoms with van der Waals surface area (Å²) < 4.78 is 32.9. The third-order valence-electron chi connectivity index (χ3n) is 3.42. The summed E-state index contributed by atoms with van der Waals surface area (Å²) in [5.74, 6) is 0.405. The number of benzene rings is 2. The van der Waals surface area contributed by atoms with Gasteiger partial charge in [0.05, 0.1) is 14.9 Å². The van der Waals surface area contributed by atoms with E-state index in [0.717, 1.165) is 0 Å². The van der Waals surface area contributed by atoms with Crippen molar-refractivity contribution in [3.8, 4) is 0 Å². The number of urea groups is 1. The number of sulfonamides is 1. The molecule has 0 saturated heterocycles. The van der Waals surface area contributed by atoms with Crippen molar-refractivity contribution in [2.45, 2.75) is 11.8 Å². The molecule has 8 nitrogen and oxygen atoms in total. The van der Waals surface area contributed by atoms with E-state index in [0.29, 0.717) is 27.2 Å². The molecule has 0 saturated carbocycles. The van der Waals surface area contributed by atoms with E-state index < -0.39 is 16.1 Å². The van der Waals surface area contributed by atoms with Gasteiger partial charge in [-0.15, -0.1) is 0 Å². The third-order valence-corrected chi connectivity index (χ3v) is 5.45. The second kappa shape index (κ2) is 8.09. The maximum Gasteiger partial charge on any atom is 0.323 e. The number of rotatable bonds is 5. The van der Waals surface area contributed by atoms with Gasteiger partial charge in [0.1, 0.15) is 5.76 Å². The Morgan fingerprint density at radius 2 is 1.64 bits per heavy atom. The van der Waals surface area contributed by atoms with Gasteiger partial charge in [-0.3, -0.25) is 5.16 Å². The van der Waals surface area contributed by atoms with Gasteiger partial charge in [-0.25, -0.2) is 13.2 Å². The first kappa shape index (κ1) is 20.0. The Bertz CT molecular complexity index is 1110. The maximum absolute atomic E-state index is 12.3. The molecule has 0 atom stereocenters. The maximum atomic E-state index is 12.3. The topological polar surface area (TPSA) is 115 Å². The number of hydrogen-bond acceptors (Lipinski definition) is 5. The number of carbonyl (C=O) groups excluding carboxylic acids is 1. The second-order valence-electron chi connectivity index (χ2n) is 5.59. The van der Waals surface area contributed by atoms with Crippen molar-refractivity contribution in [3.05, 3.63) is 69.1 Å². The SMILES string of the molecule is Cc1cc([N-]S(=O)(=O)c2ccc(NC(=O)Nc3ccc(Cl)c(Cl)c3)cc2)no1. The fourth-order valence-corrected chi connectivity index (χ4v) is 3.37. The van der Waals surface area contributed by atoms with Gasteiger partial charge in [-0.1, -0.05) is 23.2 Å². The summed E-state index contributed by atoms with van der Waals surface area (Å²) in [5, 5.41) is 9.37. The molecule has 146 valence electrons. The lowest BCUT2D eigenvalue weighted by atomic mass is 10.3. The predicted molar refractivity (Wildman–Crippen MR) is 107 cm³/mol. The van der Waals surface area contributed by atoms with Gasteiger partial charge < -0.3 is 19.9 Å². The average molecular weight is 440 g/mol. The predicted octanol–water partition coefficient (Wildman–Crippen LogP) is 5.33. The van der Waals surface area contributed by atoms with Crippen molar-refractivity contribution in [1.82, 2.24) is 5.16 Å². The van der Waals surface area contributed by atoms with E-state index in [1.54, 1.807) is 19.1 Å². The van der Waals surface area contributed by atoms with Crippen LogP contribution < -0.4 is 10.6 Å². The van der Waals surface area contributed by atoms with Crippen LogP contribution in [0.15, 0.2) is 57.9 Å². The van der Waals surface area contributed by atoms with Crippen molar-refractivity contribution >= 4 is 56.4 Å². The Morgan fingerprint density at radius 1 is 1.00 bits per heavy atom. The van der Waals surface area contributed by atoms with Crippen molar-refractivity contribution < 1.29 is 17.7 Å². The normalized spacial score (nSPS) is 11.1. The Hall–Kier alpha value is -2.75. The van der Waals surface area contributed by atoms with Crippen molar-refractivity contribution in [1.29, 1.82) is 0 Å². The van der Waals surface area contributed by atoms with Crippen LogP contribution >= 0.6 is 23.2 Å². The fourth-order valence-electron chi connectivity index (χ4n) is 2.15. The Balaban J connectivity index is 1.64. The number of aryl methyl sites for hydroxylation is 1. The number of hydrogen-bond donors (Lipinski definition) is 2. The number of nitrogens with one attached hydrogen (secondary N) is 2. The molecule has 3 aromatic rings. The molecule has 2 amide bonds. The van der Waals surface area contributed by atoms with E-state index in [9.17, 15) is 13.2 Å². The zero-order valence-electron chi connectivity index (χ0n) is 14.3. The molecule has 2 aromatic carbocycles. The lowest BCUT2D eigenvalue weighted by Crippen LogP contribution is -2.19. The highest BCUT2D eigenvalue weighted by atomic mass is 35.5. The molecule has 28 heavy (non-hydrogen) atoms. The highest BCUT2D eigenvalue weighted by Crippen LogP contribution is 2.28. The van der Waals surface area contributed by atoms with E-state index in [-0.39, 0.29) is 10.7 Å². The second-order valence-corrected chi connectivity index (χ2v) is 8.01. The average Bonchev–Trinajstić information content (AvgIpc) is 3.02. The molecule has 0 bridgehead atoms. The van der Waals surface area contributed by atoms with Gasteiger partial charge >= 0.3 is 6.03 Å². The monoisotopic (exact) mass is 439 g/mol. The largest absolute Gasteiger partial charge is 0.460 e. The van der Waals surface area contributed by atoms with E-state index >= 15 is 0 Å². The molecule has 3 rings (SSSR count). The quantitative estimate of drug-likeness (QED) is 0.557. The summed E-state index contributed by atoms with van der Waals surface area (Å²) in [4.78, 5) is 12.0. The first-order valence-electron chi connectivity index (χ1n) is 7.77. The van der Waals surface area contributed by atoms with Crippen molar-refractivity contribution in [3.63, 3.8) is 0 Å². The summed E-state index contributed by atoms with van der Waals surface area (Å²) in [7, 11) is -3.96. The minimum Gasteiger partial charge on any atom is -0.460 e. The molecule has 0 radical (unpaired) electrons. The zero-order chi connectivity index (χ0) is 20.3. The number of anilines is 2. The number of carbonyl (C=O) groups is 1. The van der Waals surface area contributed by atoms with Gasteiger partial charge in [0.25, 0.3) is 0 Å². The van der Waals surface area contributed by atoms with E-state index in [2.05, 4.69) is 20.5 Å². The van der Waals surface area contributed by atoms with Crippen LogP contribution in [0.25, 0.3) is 4.72 Å². The van der Waals surface area contributed by atoms with Crippen LogP contribution in [-0.2, 0) is 10.0 Å². The molecule has 0 aliphatic carbocycles. The lowest BCUT2D eigenvalue weighted by molar-refractivity contribution is 0.262. The summed E-state index contributed by atoms with van der Waals surface area (Å²) in [6, 6.07) is 11.0. The molecule has 1 heterocycles. The van der Waals surface area contributed by atoms with Gasteiger partial charge in [0, 0.05) is 11.4 Å². The Labute approximate surface area is 170 Å². The van der Waals surface area contributed by atoms with Gasteiger partial charge in [0.2, 0.25) is 10.0 Å². The smallest absolute Gasteiger partial charge is 0.323 e. The first-order valence-corrected chi connectivity index (χ1v) is 9.97. The molecule has 0 fully saturated rings. The fraction of sp³-hybridized carbons (Fsp3) is 0.0588. The number of amides is 2. The standard InChI is InChI=1S/C17H14Cl2N4O4S/c1-10-8-16(22-27-10)23-28(25,26)13-5-2-11(3-6-13)20-17(24)21-12-4-7-14(18)15(19)9-12/h2-9H,1H3,(H3,20,21,22,23,24)/p-1. The number of aromatic nitrogens is 1. The molecule has 11 heteroatoms. The van der Waals surface area contributed by atoms with Crippen molar-refractivity contribution in [2.75, 3.05) is 10.6 Å². The Morgan fingerprint density at radius 3 is 2.25 bits per heavy atom. The minimum absolute atomic E-state index is 0.0410. The summed E-state index contributed by atoms with van der Waals surface area (Å²) in [6.45, 7) is 1.63. The molecule has 0 aliphatic rings. The van der Waals surface area contributed by atoms with Crippen LogP contribution in [0.1, 0.15) is 5.76 Å². The molecule has 1 aromatic heterocycles. The lowest BCUT2D eigenvalue weighted by Gasteiger charge is -2.12. The summed E-state index contributed by atoms with van der Waals surface area (Å²) in [6.07, 6.45) is 0. The van der Waals surface area contributed by atoms with Crippen LogP contribution in [0.3, 0.4) is 0 Å². The molecule has 0 aliphatic heterocycles. The van der Waals surface area contributed by atoms with Gasteiger partial charge in [-0.2, -0.15) is 0 Å². The summed E-state index contributed by atoms with van der Waals surface area (Å²) in [5.41, 5.74) is 0.835. The van der Waals surface area contributed by atoms with E-state index in [1.165, 1.54) is 36.4 Å². The van der Waals surface area contributed by atoms with Gasteiger partial charge in [-0.05, 0) is 61.3 Å². The molecular formula is C17H13Cl2N4O4S-. The van der Waals surface area contributed by atoms with Crippen LogP contribution in [-0.4, -0.2) is 19.6 Å². The minimum atomic E-state index is -3.96. The van der Waals surface area contributed by atoms with Crippen LogP contribution in [0, 0.1) is 6.92 Å². The highest BCUT2D eigenvalue weighted by Gasteiger charge is 2.11. The zero-order valence-corrected chi connectivity index (χ0v) is 16.6. The van der Waals surface area contributed by atoms with E-state index in [1.807, 2.05) is 0 Å². The van der Waals surface area contributed by atoms with Crippen LogP contribution in [0.2, 0.25) is 10.0 Å². The van der Waals surface area contributed by atoms with Gasteiger partial charge in [0.15, 0.2) is 0 Å². The third kappa shape index (κ3) is 4.94. The number of nitrogens with zero attached hydrogens (tertiary/aromatic N) is 2. The summed E-state index contributed by atoms with van der Waals surface area (Å²) >= 11 is 11.7. The first-order chi connectivity index (χ1) is 13.2. The molecule has 0 unspecified atom stereocenters. The van der Waals surface area contributed by atoms with Crippen molar-refractivity contribution in [2.24, 2.45) is 0 Å². The molecule has 2 N–H and O–H groups in total. The Kier molecular flexibility index (Phi) is 5.78. The van der Waals surface area contributed by atoms with Crippen LogP contribution in [0.4, 0.5) is 22.0 Å². The number of halogens is 2. The van der Waals surface area contributed by atoms with Crippen LogP contribution in [0.5, 0.6) is 0 Å². The molecule has 0 spiro atoms. The molecular weight excluding hydrogens is 427 g/mol. The van der Waals surface area contributed by atoms with E-state index in [4.69, 9.17) is 27.7 Å². The highest BCUT2D eigenvalue weighted by molar-refractivity contribution is 7.94.